The smallest absolute Gasteiger partial charge is 0.247 e. The van der Waals surface area contributed by atoms with Gasteiger partial charge in [0.05, 0.1) is 18.0 Å². The molecule has 1 amide bonds. The van der Waals surface area contributed by atoms with Gasteiger partial charge in [-0.25, -0.2) is 4.98 Å². The van der Waals surface area contributed by atoms with Crippen LogP contribution < -0.4 is 5.32 Å². The first-order valence-corrected chi connectivity index (χ1v) is 5.49. The van der Waals surface area contributed by atoms with Gasteiger partial charge in [-0.3, -0.25) is 4.79 Å². The highest BCUT2D eigenvalue weighted by atomic mass is 16.2. The van der Waals surface area contributed by atoms with Gasteiger partial charge in [-0.2, -0.15) is 5.26 Å². The molecule has 1 atom stereocenters. The third-order valence-electron chi connectivity index (χ3n) is 2.63. The Morgan fingerprint density at radius 3 is 2.72 bits per heavy atom. The maximum absolute atomic E-state index is 11.9. The van der Waals surface area contributed by atoms with Gasteiger partial charge in [0.1, 0.15) is 6.04 Å². The number of carbonyl (C=O) groups excluding carboxylic acids is 1. The number of benzene rings is 1. The number of nitrogens with one attached hydrogen (secondary N) is 1. The van der Waals surface area contributed by atoms with Crippen LogP contribution >= 0.6 is 0 Å². The number of carbonyl (C=O) groups is 1. The van der Waals surface area contributed by atoms with Crippen LogP contribution in [-0.4, -0.2) is 15.5 Å². The van der Waals surface area contributed by atoms with Gasteiger partial charge in [0.15, 0.2) is 0 Å². The van der Waals surface area contributed by atoms with Crippen molar-refractivity contribution >= 4 is 11.6 Å². The molecule has 1 aromatic carbocycles. The summed E-state index contributed by atoms with van der Waals surface area (Å²) in [5.74, 6) is -0.127. The summed E-state index contributed by atoms with van der Waals surface area (Å²) in [4.78, 5) is 15.8. The molecular formula is C13H12N4O. The largest absolute Gasteiger partial charge is 0.325 e. The Bertz CT molecular complexity index is 566. The van der Waals surface area contributed by atoms with Crippen LogP contribution in [0.5, 0.6) is 0 Å². The Morgan fingerprint density at radius 1 is 1.44 bits per heavy atom. The van der Waals surface area contributed by atoms with E-state index >= 15 is 0 Å². The molecule has 2 aromatic rings. The van der Waals surface area contributed by atoms with E-state index in [2.05, 4.69) is 10.3 Å². The van der Waals surface area contributed by atoms with Crippen molar-refractivity contribution in [2.24, 2.45) is 0 Å². The van der Waals surface area contributed by atoms with Crippen LogP contribution in [0.2, 0.25) is 0 Å². The number of nitrogens with zero attached hydrogens (tertiary/aromatic N) is 3. The number of nitriles is 1. The summed E-state index contributed by atoms with van der Waals surface area (Å²) < 4.78 is 1.72. The molecule has 0 saturated carbocycles. The number of hydrogen-bond acceptors (Lipinski definition) is 3. The van der Waals surface area contributed by atoms with E-state index in [-0.39, 0.29) is 11.9 Å². The predicted octanol–water partition coefficient (Wildman–Crippen LogP) is 1.95. The molecule has 0 aliphatic heterocycles. The molecule has 0 fully saturated rings. The summed E-state index contributed by atoms with van der Waals surface area (Å²) in [5.41, 5.74) is 1.24. The fourth-order valence-corrected chi connectivity index (χ4v) is 1.51. The van der Waals surface area contributed by atoms with Crippen LogP contribution in [-0.2, 0) is 4.79 Å². The Labute approximate surface area is 105 Å². The van der Waals surface area contributed by atoms with Crippen molar-refractivity contribution in [3.63, 3.8) is 0 Å². The zero-order chi connectivity index (χ0) is 13.0. The first kappa shape index (κ1) is 11.9. The molecule has 5 nitrogen and oxygen atoms in total. The third-order valence-corrected chi connectivity index (χ3v) is 2.63. The molecule has 0 bridgehead atoms. The monoisotopic (exact) mass is 240 g/mol. The van der Waals surface area contributed by atoms with Crippen LogP contribution in [0.15, 0.2) is 43.0 Å². The Kier molecular flexibility index (Phi) is 3.39. The van der Waals surface area contributed by atoms with Crippen LogP contribution in [0.3, 0.4) is 0 Å². The first-order valence-electron chi connectivity index (χ1n) is 5.49. The minimum Gasteiger partial charge on any atom is -0.325 e. The molecule has 1 unspecified atom stereocenters. The lowest BCUT2D eigenvalue weighted by Gasteiger charge is -2.13. The zero-order valence-electron chi connectivity index (χ0n) is 9.87. The molecule has 0 aliphatic carbocycles. The van der Waals surface area contributed by atoms with Crippen LogP contribution in [0.25, 0.3) is 0 Å². The predicted molar refractivity (Wildman–Crippen MR) is 66.7 cm³/mol. The Hall–Kier alpha value is -2.61. The van der Waals surface area contributed by atoms with Crippen LogP contribution in [0, 0.1) is 11.3 Å². The van der Waals surface area contributed by atoms with Crippen molar-refractivity contribution in [1.29, 1.82) is 5.26 Å². The number of imidazole rings is 1. The van der Waals surface area contributed by atoms with Gasteiger partial charge in [-0.05, 0) is 31.2 Å². The molecule has 18 heavy (non-hydrogen) atoms. The van der Waals surface area contributed by atoms with Crippen LogP contribution in [0.4, 0.5) is 5.69 Å². The molecule has 90 valence electrons. The minimum absolute atomic E-state index is 0.127. The number of aromatic nitrogens is 2. The quantitative estimate of drug-likeness (QED) is 0.891. The van der Waals surface area contributed by atoms with Gasteiger partial charge in [0.2, 0.25) is 5.91 Å². The van der Waals surface area contributed by atoms with E-state index in [9.17, 15) is 4.79 Å². The maximum atomic E-state index is 11.9. The van der Waals surface area contributed by atoms with Gasteiger partial charge in [0, 0.05) is 18.1 Å². The van der Waals surface area contributed by atoms with Crippen LogP contribution in [0.1, 0.15) is 18.5 Å². The maximum Gasteiger partial charge on any atom is 0.247 e. The Balaban J connectivity index is 2.05. The van der Waals surface area contributed by atoms with Gasteiger partial charge < -0.3 is 9.88 Å². The molecule has 1 aromatic heterocycles. The summed E-state index contributed by atoms with van der Waals surface area (Å²) in [6.07, 6.45) is 4.97. The SMILES string of the molecule is CC(C(=O)Nc1ccc(C#N)cc1)n1ccnc1. The number of amides is 1. The molecule has 0 aliphatic rings. The number of anilines is 1. The fraction of sp³-hybridized carbons (Fsp3) is 0.154. The molecule has 1 N–H and O–H groups in total. The number of rotatable bonds is 3. The Morgan fingerprint density at radius 2 is 2.17 bits per heavy atom. The van der Waals surface area contributed by atoms with E-state index in [0.29, 0.717) is 11.3 Å². The zero-order valence-corrected chi connectivity index (χ0v) is 9.87. The van der Waals surface area contributed by atoms with Crippen molar-refractivity contribution < 1.29 is 4.79 Å². The second kappa shape index (κ2) is 5.15. The van der Waals surface area contributed by atoms with Crippen molar-refractivity contribution in [1.82, 2.24) is 9.55 Å². The second-order valence-corrected chi connectivity index (χ2v) is 3.86. The fourth-order valence-electron chi connectivity index (χ4n) is 1.51. The summed E-state index contributed by atoms with van der Waals surface area (Å²) in [7, 11) is 0. The average Bonchev–Trinajstić information content (AvgIpc) is 2.92. The molecule has 0 radical (unpaired) electrons. The lowest BCUT2D eigenvalue weighted by molar-refractivity contribution is -0.118. The van der Waals surface area contributed by atoms with E-state index in [4.69, 9.17) is 5.26 Å². The topological polar surface area (TPSA) is 70.7 Å². The molecule has 0 saturated heterocycles. The molecule has 0 spiro atoms. The van der Waals surface area contributed by atoms with Gasteiger partial charge in [0.25, 0.3) is 0 Å². The molecule has 2 rings (SSSR count). The van der Waals surface area contributed by atoms with E-state index in [0.717, 1.165) is 0 Å². The van der Waals surface area contributed by atoms with Gasteiger partial charge in [-0.1, -0.05) is 0 Å². The van der Waals surface area contributed by atoms with E-state index < -0.39 is 0 Å². The van der Waals surface area contributed by atoms with E-state index in [1.54, 1.807) is 54.5 Å². The highest BCUT2D eigenvalue weighted by Crippen LogP contribution is 2.12. The summed E-state index contributed by atoms with van der Waals surface area (Å²) in [6.45, 7) is 1.79. The highest BCUT2D eigenvalue weighted by Gasteiger charge is 2.13. The van der Waals surface area contributed by atoms with Gasteiger partial charge in [-0.15, -0.1) is 0 Å². The van der Waals surface area contributed by atoms with E-state index in [1.807, 2.05) is 6.07 Å². The molecule has 1 heterocycles. The lowest BCUT2D eigenvalue weighted by Crippen LogP contribution is -2.22. The van der Waals surface area contributed by atoms with Crippen molar-refractivity contribution in [2.45, 2.75) is 13.0 Å². The van der Waals surface area contributed by atoms with Crippen molar-refractivity contribution in [3.8, 4) is 6.07 Å². The molecule has 5 heteroatoms. The standard InChI is InChI=1S/C13H12N4O/c1-10(17-7-6-15-9-17)13(18)16-12-4-2-11(8-14)3-5-12/h2-7,9-10H,1H3,(H,16,18). The second-order valence-electron chi connectivity index (χ2n) is 3.86. The summed E-state index contributed by atoms with van der Waals surface area (Å²) >= 11 is 0. The van der Waals surface area contributed by atoms with Gasteiger partial charge >= 0.3 is 0 Å². The lowest BCUT2D eigenvalue weighted by atomic mass is 10.2. The normalized spacial score (nSPS) is 11.6. The van der Waals surface area contributed by atoms with Crippen molar-refractivity contribution in [2.75, 3.05) is 5.32 Å². The first-order chi connectivity index (χ1) is 8.70. The molecular weight excluding hydrogens is 228 g/mol. The van der Waals surface area contributed by atoms with Crippen molar-refractivity contribution in [3.05, 3.63) is 48.5 Å². The average molecular weight is 240 g/mol. The summed E-state index contributed by atoms with van der Waals surface area (Å²) in [5, 5.41) is 11.5. The number of hydrogen-bond donors (Lipinski definition) is 1. The highest BCUT2D eigenvalue weighted by molar-refractivity contribution is 5.93. The van der Waals surface area contributed by atoms with E-state index in [1.165, 1.54) is 0 Å². The third kappa shape index (κ3) is 2.55. The minimum atomic E-state index is -0.330. The summed E-state index contributed by atoms with van der Waals surface area (Å²) in [6, 6.07) is 8.44.